The lowest BCUT2D eigenvalue weighted by Crippen LogP contribution is -2.28. The number of hydrogen-bond donors (Lipinski definition) is 1. The predicted molar refractivity (Wildman–Crippen MR) is 98.6 cm³/mol. The first-order valence-electron chi connectivity index (χ1n) is 8.15. The maximum absolute atomic E-state index is 12.7. The van der Waals surface area contributed by atoms with Gasteiger partial charge in [-0.3, -0.25) is 9.59 Å². The van der Waals surface area contributed by atoms with E-state index in [4.69, 9.17) is 16.3 Å². The van der Waals surface area contributed by atoms with Gasteiger partial charge in [0.25, 0.3) is 0 Å². The number of carbonyl (C=O) groups is 2. The Morgan fingerprint density at radius 2 is 1.85 bits per heavy atom. The lowest BCUT2D eigenvalue weighted by Gasteiger charge is -2.17. The smallest absolute Gasteiger partial charge is 0.316 e. The Bertz CT molecular complexity index is 831. The fraction of sp³-hybridized carbons (Fsp3) is 0.333. The zero-order chi connectivity index (χ0) is 18.8. The van der Waals surface area contributed by atoms with Gasteiger partial charge in [-0.25, -0.2) is 0 Å². The minimum absolute atomic E-state index is 0.0908. The SMILES string of the molecule is COc1nc(C)c(NC(=O)C2CC(=O)N(c3ccc(Cl)cc3)C2)c(C)n1. The van der Waals surface area contributed by atoms with Gasteiger partial charge in [0.1, 0.15) is 0 Å². The highest BCUT2D eigenvalue weighted by molar-refractivity contribution is 6.30. The van der Waals surface area contributed by atoms with Gasteiger partial charge in [-0.15, -0.1) is 0 Å². The molecule has 1 atom stereocenters. The van der Waals surface area contributed by atoms with Crippen LogP contribution in [-0.4, -0.2) is 35.4 Å². The van der Waals surface area contributed by atoms with E-state index >= 15 is 0 Å². The van der Waals surface area contributed by atoms with Gasteiger partial charge in [-0.1, -0.05) is 11.6 Å². The molecule has 1 N–H and O–H groups in total. The minimum atomic E-state index is -0.445. The first-order valence-corrected chi connectivity index (χ1v) is 8.53. The van der Waals surface area contributed by atoms with Crippen molar-refractivity contribution >= 4 is 34.8 Å². The maximum atomic E-state index is 12.7. The van der Waals surface area contributed by atoms with E-state index in [1.807, 2.05) is 0 Å². The lowest BCUT2D eigenvalue weighted by atomic mass is 10.1. The highest BCUT2D eigenvalue weighted by Gasteiger charge is 2.35. The number of aromatic nitrogens is 2. The number of benzene rings is 1. The van der Waals surface area contributed by atoms with Crippen LogP contribution >= 0.6 is 11.6 Å². The molecule has 2 aromatic rings. The number of nitrogens with zero attached hydrogens (tertiary/aromatic N) is 3. The van der Waals surface area contributed by atoms with Gasteiger partial charge in [-0.05, 0) is 38.1 Å². The zero-order valence-electron chi connectivity index (χ0n) is 14.7. The Morgan fingerprint density at radius 1 is 1.23 bits per heavy atom. The molecular weight excluding hydrogens is 356 g/mol. The molecule has 1 aromatic carbocycles. The van der Waals surface area contributed by atoms with Crippen LogP contribution in [0.2, 0.25) is 5.02 Å². The van der Waals surface area contributed by atoms with E-state index in [-0.39, 0.29) is 24.2 Å². The predicted octanol–water partition coefficient (Wildman–Crippen LogP) is 2.75. The summed E-state index contributed by atoms with van der Waals surface area (Å²) in [4.78, 5) is 34.9. The summed E-state index contributed by atoms with van der Waals surface area (Å²) in [6.07, 6.45) is 0.156. The van der Waals surface area contributed by atoms with E-state index in [9.17, 15) is 9.59 Å². The van der Waals surface area contributed by atoms with Crippen LogP contribution in [0.25, 0.3) is 0 Å². The van der Waals surface area contributed by atoms with Gasteiger partial charge in [0.15, 0.2) is 0 Å². The number of halogens is 1. The topological polar surface area (TPSA) is 84.4 Å². The largest absolute Gasteiger partial charge is 0.467 e. The van der Waals surface area contributed by atoms with Crippen molar-refractivity contribution in [1.82, 2.24) is 9.97 Å². The van der Waals surface area contributed by atoms with Crippen molar-refractivity contribution in [2.45, 2.75) is 20.3 Å². The summed E-state index contributed by atoms with van der Waals surface area (Å²) >= 11 is 5.89. The average molecular weight is 375 g/mol. The third-order valence-corrected chi connectivity index (χ3v) is 4.57. The number of aryl methyl sites for hydroxylation is 2. The van der Waals surface area contributed by atoms with Crippen LogP contribution in [0, 0.1) is 19.8 Å². The number of hydrogen-bond acceptors (Lipinski definition) is 5. The van der Waals surface area contributed by atoms with Gasteiger partial charge < -0.3 is 15.0 Å². The second-order valence-electron chi connectivity index (χ2n) is 6.13. The monoisotopic (exact) mass is 374 g/mol. The molecule has 1 aliphatic heterocycles. The van der Waals surface area contributed by atoms with E-state index in [2.05, 4.69) is 15.3 Å². The van der Waals surface area contributed by atoms with Gasteiger partial charge in [-0.2, -0.15) is 9.97 Å². The van der Waals surface area contributed by atoms with E-state index in [1.54, 1.807) is 43.0 Å². The van der Waals surface area contributed by atoms with Crippen LogP contribution in [0.1, 0.15) is 17.8 Å². The summed E-state index contributed by atoms with van der Waals surface area (Å²) < 4.78 is 5.03. The molecule has 0 aliphatic carbocycles. The highest BCUT2D eigenvalue weighted by Crippen LogP contribution is 2.28. The Labute approximate surface area is 156 Å². The van der Waals surface area contributed by atoms with Gasteiger partial charge >= 0.3 is 6.01 Å². The van der Waals surface area contributed by atoms with Crippen molar-refractivity contribution in [1.29, 1.82) is 0 Å². The number of amides is 2. The summed E-state index contributed by atoms with van der Waals surface area (Å²) in [5, 5.41) is 3.45. The van der Waals surface area contributed by atoms with E-state index in [1.165, 1.54) is 7.11 Å². The molecule has 3 rings (SSSR count). The van der Waals surface area contributed by atoms with Crippen molar-refractivity contribution < 1.29 is 14.3 Å². The average Bonchev–Trinajstić information content (AvgIpc) is 3.00. The molecule has 0 bridgehead atoms. The molecule has 0 radical (unpaired) electrons. The molecule has 2 amide bonds. The number of rotatable bonds is 4. The molecule has 1 fully saturated rings. The van der Waals surface area contributed by atoms with Crippen molar-refractivity contribution in [2.24, 2.45) is 5.92 Å². The van der Waals surface area contributed by atoms with E-state index in [0.717, 1.165) is 5.69 Å². The fourth-order valence-corrected chi connectivity index (χ4v) is 3.06. The molecule has 0 spiro atoms. The van der Waals surface area contributed by atoms with Gasteiger partial charge in [0.2, 0.25) is 11.8 Å². The number of carbonyl (C=O) groups excluding carboxylic acids is 2. The van der Waals surface area contributed by atoms with Crippen LogP contribution in [0.15, 0.2) is 24.3 Å². The van der Waals surface area contributed by atoms with Gasteiger partial charge in [0.05, 0.1) is 30.1 Å². The number of ether oxygens (including phenoxy) is 1. The second-order valence-corrected chi connectivity index (χ2v) is 6.56. The Balaban J connectivity index is 1.73. The van der Waals surface area contributed by atoms with Crippen LogP contribution in [0.5, 0.6) is 6.01 Å². The van der Waals surface area contributed by atoms with Crippen LogP contribution in [0.3, 0.4) is 0 Å². The highest BCUT2D eigenvalue weighted by atomic mass is 35.5. The molecule has 1 unspecified atom stereocenters. The molecule has 1 aromatic heterocycles. The Kier molecular flexibility index (Phi) is 5.08. The molecule has 7 nitrogen and oxygen atoms in total. The van der Waals surface area contributed by atoms with Crippen molar-refractivity contribution in [3.05, 3.63) is 40.7 Å². The number of anilines is 2. The summed E-state index contributed by atoms with van der Waals surface area (Å²) in [5.41, 5.74) is 2.51. The van der Waals surface area contributed by atoms with E-state index < -0.39 is 5.92 Å². The lowest BCUT2D eigenvalue weighted by molar-refractivity contribution is -0.122. The third kappa shape index (κ3) is 3.62. The molecule has 1 aliphatic rings. The molecular formula is C18H19ClN4O3. The number of nitrogens with one attached hydrogen (secondary N) is 1. The van der Waals surface area contributed by atoms with Crippen LogP contribution < -0.4 is 15.0 Å². The standard InChI is InChI=1S/C18H19ClN4O3/c1-10-16(11(2)21-18(20-10)26-3)22-17(25)12-8-15(24)23(9-12)14-6-4-13(19)5-7-14/h4-7,12H,8-9H2,1-3H3,(H,22,25). The summed E-state index contributed by atoms with van der Waals surface area (Å²) in [5.74, 6) is -0.763. The summed E-state index contributed by atoms with van der Waals surface area (Å²) in [6, 6.07) is 7.24. The molecule has 0 saturated carbocycles. The number of methoxy groups -OCH3 is 1. The van der Waals surface area contributed by atoms with Crippen molar-refractivity contribution in [3.63, 3.8) is 0 Å². The fourth-order valence-electron chi connectivity index (χ4n) is 2.94. The Morgan fingerprint density at radius 3 is 2.42 bits per heavy atom. The van der Waals surface area contributed by atoms with Crippen LogP contribution in [-0.2, 0) is 9.59 Å². The zero-order valence-corrected chi connectivity index (χ0v) is 15.5. The molecule has 8 heteroatoms. The molecule has 26 heavy (non-hydrogen) atoms. The normalized spacial score (nSPS) is 16.7. The second kappa shape index (κ2) is 7.29. The molecule has 2 heterocycles. The summed E-state index contributed by atoms with van der Waals surface area (Å²) in [6.45, 7) is 3.86. The van der Waals surface area contributed by atoms with Crippen LogP contribution in [0.4, 0.5) is 11.4 Å². The van der Waals surface area contributed by atoms with Crippen molar-refractivity contribution in [3.8, 4) is 6.01 Å². The first-order chi connectivity index (χ1) is 12.4. The van der Waals surface area contributed by atoms with Gasteiger partial charge in [0, 0.05) is 23.7 Å². The van der Waals surface area contributed by atoms with Crippen molar-refractivity contribution in [2.75, 3.05) is 23.9 Å². The first kappa shape index (κ1) is 18.1. The molecule has 136 valence electrons. The minimum Gasteiger partial charge on any atom is -0.467 e. The Hall–Kier alpha value is -2.67. The quantitative estimate of drug-likeness (QED) is 0.889. The van der Waals surface area contributed by atoms with E-state index in [0.29, 0.717) is 28.6 Å². The summed E-state index contributed by atoms with van der Waals surface area (Å²) in [7, 11) is 1.49. The molecule has 1 saturated heterocycles. The maximum Gasteiger partial charge on any atom is 0.316 e. The third-order valence-electron chi connectivity index (χ3n) is 4.32.